The van der Waals surface area contributed by atoms with Crippen LogP contribution in [-0.2, 0) is 11.3 Å². The van der Waals surface area contributed by atoms with Crippen LogP contribution in [0.3, 0.4) is 0 Å². The Bertz CT molecular complexity index is 462. The highest BCUT2D eigenvalue weighted by Gasteiger charge is 2.20. The zero-order valence-corrected chi connectivity index (χ0v) is 12.4. The Labute approximate surface area is 123 Å². The topological polar surface area (TPSA) is 69.6 Å². The summed E-state index contributed by atoms with van der Waals surface area (Å²) in [5.41, 5.74) is 0.925. The quantitative estimate of drug-likeness (QED) is 0.848. The number of nitrogens with one attached hydrogen (secondary N) is 1. The van der Waals surface area contributed by atoms with Gasteiger partial charge in [0.1, 0.15) is 6.04 Å². The first kappa shape index (κ1) is 16.3. The van der Waals surface area contributed by atoms with Crippen LogP contribution >= 0.6 is 11.6 Å². The highest BCUT2D eigenvalue weighted by Crippen LogP contribution is 2.11. The molecule has 1 atom stereocenters. The van der Waals surface area contributed by atoms with Gasteiger partial charge in [-0.25, -0.2) is 9.59 Å². The molecule has 0 aromatic heterocycles. The molecule has 0 heterocycles. The molecule has 0 saturated carbocycles. The Kier molecular flexibility index (Phi) is 6.31. The molecular weight excluding hydrogens is 280 g/mol. The van der Waals surface area contributed by atoms with Crippen molar-refractivity contribution in [1.82, 2.24) is 10.2 Å². The molecule has 0 spiro atoms. The third kappa shape index (κ3) is 5.09. The molecule has 1 rings (SSSR count). The third-order valence-corrected chi connectivity index (χ3v) is 3.10. The number of rotatable bonds is 6. The number of carboxylic acid groups (broad SMARTS) is 1. The first-order valence-electron chi connectivity index (χ1n) is 6.43. The van der Waals surface area contributed by atoms with Crippen LogP contribution in [-0.4, -0.2) is 35.1 Å². The Morgan fingerprint density at radius 3 is 2.45 bits per heavy atom. The van der Waals surface area contributed by atoms with Gasteiger partial charge in [0.25, 0.3) is 0 Å². The number of amides is 2. The molecule has 5 nitrogen and oxygen atoms in total. The normalized spacial score (nSPS) is 11.8. The zero-order chi connectivity index (χ0) is 15.1. The lowest BCUT2D eigenvalue weighted by molar-refractivity contribution is -0.139. The molecule has 1 aromatic rings. The van der Waals surface area contributed by atoms with Crippen molar-refractivity contribution in [1.29, 1.82) is 0 Å². The lowest BCUT2D eigenvalue weighted by Gasteiger charge is -2.21. The Hall–Kier alpha value is -1.75. The van der Waals surface area contributed by atoms with Crippen LogP contribution in [0.25, 0.3) is 0 Å². The molecule has 0 bridgehead atoms. The van der Waals surface area contributed by atoms with Crippen molar-refractivity contribution in [3.8, 4) is 0 Å². The molecule has 0 radical (unpaired) electrons. The largest absolute Gasteiger partial charge is 0.480 e. The summed E-state index contributed by atoms with van der Waals surface area (Å²) in [6, 6.07) is 5.90. The van der Waals surface area contributed by atoms with Gasteiger partial charge in [-0.3, -0.25) is 0 Å². The fraction of sp³-hybridized carbons (Fsp3) is 0.429. The lowest BCUT2D eigenvalue weighted by Crippen LogP contribution is -2.46. The van der Waals surface area contributed by atoms with Crippen LogP contribution in [0.1, 0.15) is 25.3 Å². The average molecular weight is 299 g/mol. The molecule has 110 valence electrons. The molecule has 1 aromatic carbocycles. The fourth-order valence-corrected chi connectivity index (χ4v) is 1.87. The summed E-state index contributed by atoms with van der Waals surface area (Å²) < 4.78 is 0. The van der Waals surface area contributed by atoms with Gasteiger partial charge in [-0.15, -0.1) is 0 Å². The van der Waals surface area contributed by atoms with E-state index in [1.54, 1.807) is 19.2 Å². The Morgan fingerprint density at radius 2 is 1.95 bits per heavy atom. The Morgan fingerprint density at radius 1 is 1.35 bits per heavy atom. The third-order valence-electron chi connectivity index (χ3n) is 2.85. The summed E-state index contributed by atoms with van der Waals surface area (Å²) in [6.45, 7) is 2.26. The second-order valence-corrected chi connectivity index (χ2v) is 5.05. The number of hydrogen-bond acceptors (Lipinski definition) is 2. The van der Waals surface area contributed by atoms with E-state index >= 15 is 0 Å². The maximum atomic E-state index is 11.9. The van der Waals surface area contributed by atoms with Gasteiger partial charge in [-0.1, -0.05) is 37.1 Å². The maximum absolute atomic E-state index is 11.9. The molecule has 2 amide bonds. The minimum atomic E-state index is -1.01. The van der Waals surface area contributed by atoms with Gasteiger partial charge in [-0.2, -0.15) is 0 Å². The standard InChI is InChI=1S/C14H19ClN2O3/c1-3-4-12(13(18)19)16-14(20)17(2)9-10-5-7-11(15)8-6-10/h5-8,12H,3-4,9H2,1-2H3,(H,16,20)(H,18,19)/t12-/m1/s1. The summed E-state index contributed by atoms with van der Waals surface area (Å²) in [5, 5.41) is 12.2. The molecule has 20 heavy (non-hydrogen) atoms. The van der Waals surface area contributed by atoms with Crippen LogP contribution in [0.5, 0.6) is 0 Å². The smallest absolute Gasteiger partial charge is 0.326 e. The van der Waals surface area contributed by atoms with Gasteiger partial charge in [0.15, 0.2) is 0 Å². The average Bonchev–Trinajstić information content (AvgIpc) is 2.40. The number of carbonyl (C=O) groups excluding carboxylic acids is 1. The summed E-state index contributed by atoms with van der Waals surface area (Å²) in [7, 11) is 1.62. The molecule has 0 fully saturated rings. The molecule has 2 N–H and O–H groups in total. The number of nitrogens with zero attached hydrogens (tertiary/aromatic N) is 1. The van der Waals surface area contributed by atoms with Gasteiger partial charge in [-0.05, 0) is 24.1 Å². The highest BCUT2D eigenvalue weighted by atomic mass is 35.5. The number of urea groups is 1. The van der Waals surface area contributed by atoms with Crippen molar-refractivity contribution in [2.45, 2.75) is 32.4 Å². The SMILES string of the molecule is CCC[C@@H](NC(=O)N(C)Cc1ccc(Cl)cc1)C(=O)O. The second kappa shape index (κ2) is 7.75. The summed E-state index contributed by atoms with van der Waals surface area (Å²) in [5.74, 6) is -1.01. The summed E-state index contributed by atoms with van der Waals surface area (Å²) >= 11 is 5.79. The van der Waals surface area contributed by atoms with Crippen molar-refractivity contribution in [2.24, 2.45) is 0 Å². The molecular formula is C14H19ClN2O3. The van der Waals surface area contributed by atoms with E-state index in [2.05, 4.69) is 5.32 Å². The van der Waals surface area contributed by atoms with Gasteiger partial charge in [0.2, 0.25) is 0 Å². The van der Waals surface area contributed by atoms with Gasteiger partial charge >= 0.3 is 12.0 Å². The van der Waals surface area contributed by atoms with Crippen molar-refractivity contribution in [3.63, 3.8) is 0 Å². The van der Waals surface area contributed by atoms with E-state index in [0.29, 0.717) is 24.4 Å². The van der Waals surface area contributed by atoms with Crippen molar-refractivity contribution >= 4 is 23.6 Å². The second-order valence-electron chi connectivity index (χ2n) is 4.61. The van der Waals surface area contributed by atoms with Crippen molar-refractivity contribution < 1.29 is 14.7 Å². The molecule has 6 heteroatoms. The number of carbonyl (C=O) groups is 2. The monoisotopic (exact) mass is 298 g/mol. The molecule has 0 aliphatic carbocycles. The molecule has 0 saturated heterocycles. The first-order valence-corrected chi connectivity index (χ1v) is 6.80. The maximum Gasteiger partial charge on any atom is 0.326 e. The number of halogens is 1. The van der Waals surface area contributed by atoms with Gasteiger partial charge in [0, 0.05) is 18.6 Å². The predicted molar refractivity (Wildman–Crippen MR) is 77.8 cm³/mol. The van der Waals surface area contributed by atoms with Crippen LogP contribution in [0.15, 0.2) is 24.3 Å². The van der Waals surface area contributed by atoms with E-state index < -0.39 is 18.0 Å². The van der Waals surface area contributed by atoms with Crippen LogP contribution in [0.4, 0.5) is 4.79 Å². The van der Waals surface area contributed by atoms with Gasteiger partial charge < -0.3 is 15.3 Å². The van der Waals surface area contributed by atoms with E-state index in [4.69, 9.17) is 16.7 Å². The minimum absolute atomic E-state index is 0.390. The molecule has 0 aliphatic rings. The van der Waals surface area contributed by atoms with Crippen LogP contribution in [0.2, 0.25) is 5.02 Å². The predicted octanol–water partition coefficient (Wildman–Crippen LogP) is 2.73. The van der Waals surface area contributed by atoms with Crippen molar-refractivity contribution in [2.75, 3.05) is 7.05 Å². The van der Waals surface area contributed by atoms with Crippen molar-refractivity contribution in [3.05, 3.63) is 34.9 Å². The van der Waals surface area contributed by atoms with E-state index in [-0.39, 0.29) is 0 Å². The van der Waals surface area contributed by atoms with E-state index in [1.807, 2.05) is 19.1 Å². The Balaban J connectivity index is 2.57. The zero-order valence-electron chi connectivity index (χ0n) is 11.6. The van der Waals surface area contributed by atoms with Crippen LogP contribution in [0, 0.1) is 0 Å². The van der Waals surface area contributed by atoms with E-state index in [9.17, 15) is 9.59 Å². The number of benzene rings is 1. The first-order chi connectivity index (χ1) is 9.43. The lowest BCUT2D eigenvalue weighted by atomic mass is 10.2. The van der Waals surface area contributed by atoms with Gasteiger partial charge in [0.05, 0.1) is 0 Å². The van der Waals surface area contributed by atoms with Crippen LogP contribution < -0.4 is 5.32 Å². The van der Waals surface area contributed by atoms with E-state index in [0.717, 1.165) is 5.56 Å². The molecule has 0 unspecified atom stereocenters. The number of aliphatic carboxylic acids is 1. The fourth-order valence-electron chi connectivity index (χ4n) is 1.74. The molecule has 0 aliphatic heterocycles. The summed E-state index contributed by atoms with van der Waals surface area (Å²) in [6.07, 6.45) is 1.11. The highest BCUT2D eigenvalue weighted by molar-refractivity contribution is 6.30. The number of carboxylic acids is 1. The number of hydrogen-bond donors (Lipinski definition) is 2. The minimum Gasteiger partial charge on any atom is -0.480 e. The van der Waals surface area contributed by atoms with E-state index in [1.165, 1.54) is 4.90 Å². The summed E-state index contributed by atoms with van der Waals surface area (Å²) in [4.78, 5) is 24.4.